The Kier molecular flexibility index (Phi) is 4.66. The molecule has 0 unspecified atom stereocenters. The molecule has 1 heterocycles. The first-order chi connectivity index (χ1) is 10.2. The standard InChI is InChI=1S/C16H20ClNO4/c1-16(2,3)22-15(21)18-8-12(13(9-18)14(19)20)10-4-6-11(17)7-5-10/h4-7,12-13H,8-9H2,1-3H3,(H,19,20)/t12-,13+/m1/s1. The Morgan fingerprint density at radius 3 is 2.32 bits per heavy atom. The topological polar surface area (TPSA) is 66.8 Å². The van der Waals surface area contributed by atoms with Crippen LogP contribution in [0.3, 0.4) is 0 Å². The molecule has 0 bridgehead atoms. The zero-order chi connectivity index (χ0) is 16.5. The highest BCUT2D eigenvalue weighted by molar-refractivity contribution is 6.30. The van der Waals surface area contributed by atoms with Crippen LogP contribution < -0.4 is 0 Å². The summed E-state index contributed by atoms with van der Waals surface area (Å²) in [5.74, 6) is -1.82. The fourth-order valence-corrected chi connectivity index (χ4v) is 2.70. The number of amides is 1. The van der Waals surface area contributed by atoms with Crippen LogP contribution in [0.25, 0.3) is 0 Å². The van der Waals surface area contributed by atoms with Crippen LogP contribution in [-0.4, -0.2) is 40.8 Å². The number of carbonyl (C=O) groups is 2. The smallest absolute Gasteiger partial charge is 0.410 e. The van der Waals surface area contributed by atoms with E-state index in [0.29, 0.717) is 11.6 Å². The minimum Gasteiger partial charge on any atom is -0.481 e. The summed E-state index contributed by atoms with van der Waals surface area (Å²) in [5.41, 5.74) is 0.261. The molecular formula is C16H20ClNO4. The highest BCUT2D eigenvalue weighted by atomic mass is 35.5. The predicted molar refractivity (Wildman–Crippen MR) is 83.1 cm³/mol. The van der Waals surface area contributed by atoms with Gasteiger partial charge in [0.2, 0.25) is 0 Å². The number of carbonyl (C=O) groups excluding carboxylic acids is 1. The molecule has 1 amide bonds. The Balaban J connectivity index is 2.18. The van der Waals surface area contributed by atoms with Crippen LogP contribution in [-0.2, 0) is 9.53 Å². The van der Waals surface area contributed by atoms with Crippen molar-refractivity contribution in [2.75, 3.05) is 13.1 Å². The van der Waals surface area contributed by atoms with Crippen LogP contribution in [0.5, 0.6) is 0 Å². The van der Waals surface area contributed by atoms with Crippen LogP contribution in [0.15, 0.2) is 24.3 Å². The summed E-state index contributed by atoms with van der Waals surface area (Å²) in [4.78, 5) is 25.1. The van der Waals surface area contributed by atoms with Gasteiger partial charge in [0.25, 0.3) is 0 Å². The molecule has 120 valence electrons. The molecule has 1 N–H and O–H groups in total. The Hall–Kier alpha value is -1.75. The van der Waals surface area contributed by atoms with Crippen molar-refractivity contribution in [3.05, 3.63) is 34.9 Å². The predicted octanol–water partition coefficient (Wildman–Crippen LogP) is 3.38. The highest BCUT2D eigenvalue weighted by Gasteiger charge is 2.41. The van der Waals surface area contributed by atoms with Crippen molar-refractivity contribution in [2.24, 2.45) is 5.92 Å². The number of halogens is 1. The summed E-state index contributed by atoms with van der Waals surface area (Å²) in [5, 5.41) is 10.0. The number of aliphatic carboxylic acids is 1. The second-order valence-corrected chi connectivity index (χ2v) is 6.92. The maximum absolute atomic E-state index is 12.1. The number of likely N-dealkylation sites (tertiary alicyclic amines) is 1. The third-order valence-corrected chi connectivity index (χ3v) is 3.84. The Morgan fingerprint density at radius 1 is 1.23 bits per heavy atom. The molecule has 22 heavy (non-hydrogen) atoms. The molecule has 1 aliphatic heterocycles. The third kappa shape index (κ3) is 3.91. The van der Waals surface area contributed by atoms with E-state index in [0.717, 1.165) is 5.56 Å². The van der Waals surface area contributed by atoms with Gasteiger partial charge >= 0.3 is 12.1 Å². The minimum atomic E-state index is -0.911. The zero-order valence-electron chi connectivity index (χ0n) is 12.9. The molecule has 0 radical (unpaired) electrons. The quantitative estimate of drug-likeness (QED) is 0.905. The molecule has 1 aromatic carbocycles. The second kappa shape index (κ2) is 6.16. The first-order valence-corrected chi connectivity index (χ1v) is 7.51. The highest BCUT2D eigenvalue weighted by Crippen LogP contribution is 2.34. The molecule has 2 rings (SSSR count). The molecule has 0 spiro atoms. The minimum absolute atomic E-state index is 0.150. The Bertz CT molecular complexity index is 565. The van der Waals surface area contributed by atoms with Crippen molar-refractivity contribution in [3.8, 4) is 0 Å². The summed E-state index contributed by atoms with van der Waals surface area (Å²) in [6.45, 7) is 5.83. The largest absolute Gasteiger partial charge is 0.481 e. The van der Waals surface area contributed by atoms with Gasteiger partial charge < -0.3 is 14.7 Å². The maximum Gasteiger partial charge on any atom is 0.410 e. The lowest BCUT2D eigenvalue weighted by atomic mass is 9.89. The van der Waals surface area contributed by atoms with E-state index in [9.17, 15) is 14.7 Å². The van der Waals surface area contributed by atoms with Gasteiger partial charge in [-0.2, -0.15) is 0 Å². The third-order valence-electron chi connectivity index (χ3n) is 3.59. The van der Waals surface area contributed by atoms with Crippen LogP contribution in [0.4, 0.5) is 4.79 Å². The molecular weight excluding hydrogens is 306 g/mol. The number of hydrogen-bond acceptors (Lipinski definition) is 3. The summed E-state index contributed by atoms with van der Waals surface area (Å²) < 4.78 is 5.33. The van der Waals surface area contributed by atoms with Crippen molar-refractivity contribution in [1.82, 2.24) is 4.90 Å². The zero-order valence-corrected chi connectivity index (χ0v) is 13.6. The first-order valence-electron chi connectivity index (χ1n) is 7.13. The van der Waals surface area contributed by atoms with Crippen LogP contribution in [0.1, 0.15) is 32.3 Å². The molecule has 6 heteroatoms. The average Bonchev–Trinajstić information content (AvgIpc) is 2.83. The van der Waals surface area contributed by atoms with E-state index in [-0.39, 0.29) is 12.5 Å². The van der Waals surface area contributed by atoms with Crippen LogP contribution in [0, 0.1) is 5.92 Å². The van der Waals surface area contributed by atoms with Crippen molar-refractivity contribution >= 4 is 23.7 Å². The van der Waals surface area contributed by atoms with E-state index in [2.05, 4.69) is 0 Å². The van der Waals surface area contributed by atoms with Gasteiger partial charge in [-0.05, 0) is 38.5 Å². The van der Waals surface area contributed by atoms with Gasteiger partial charge in [0.15, 0.2) is 0 Å². The monoisotopic (exact) mass is 325 g/mol. The lowest BCUT2D eigenvalue weighted by Gasteiger charge is -2.24. The molecule has 2 atom stereocenters. The number of hydrogen-bond donors (Lipinski definition) is 1. The van der Waals surface area contributed by atoms with Crippen LogP contribution >= 0.6 is 11.6 Å². The number of benzene rings is 1. The van der Waals surface area contributed by atoms with E-state index in [1.165, 1.54) is 4.90 Å². The summed E-state index contributed by atoms with van der Waals surface area (Å²) in [6, 6.07) is 7.07. The fraction of sp³-hybridized carbons (Fsp3) is 0.500. The van der Waals surface area contributed by atoms with Gasteiger partial charge in [-0.3, -0.25) is 4.79 Å². The Morgan fingerprint density at radius 2 is 1.82 bits per heavy atom. The van der Waals surface area contributed by atoms with Gasteiger partial charge in [-0.15, -0.1) is 0 Å². The fourth-order valence-electron chi connectivity index (χ4n) is 2.58. The van der Waals surface area contributed by atoms with Gasteiger partial charge in [-0.25, -0.2) is 4.79 Å². The average molecular weight is 326 g/mol. The molecule has 5 nitrogen and oxygen atoms in total. The van der Waals surface area contributed by atoms with Gasteiger partial charge in [0.1, 0.15) is 5.60 Å². The molecule has 1 saturated heterocycles. The number of carboxylic acid groups (broad SMARTS) is 1. The Labute approximate surface area is 134 Å². The van der Waals surface area contributed by atoms with Crippen molar-refractivity contribution in [3.63, 3.8) is 0 Å². The molecule has 0 saturated carbocycles. The van der Waals surface area contributed by atoms with Crippen molar-refractivity contribution in [2.45, 2.75) is 32.3 Å². The maximum atomic E-state index is 12.1. The molecule has 1 aromatic rings. The SMILES string of the molecule is CC(C)(C)OC(=O)N1C[C@H](C(=O)O)[C@@H](c2ccc(Cl)cc2)C1. The molecule has 1 aliphatic rings. The lowest BCUT2D eigenvalue weighted by molar-refractivity contribution is -0.141. The normalized spacial score (nSPS) is 21.7. The number of nitrogens with zero attached hydrogens (tertiary/aromatic N) is 1. The van der Waals surface area contributed by atoms with E-state index in [1.54, 1.807) is 32.9 Å². The van der Waals surface area contributed by atoms with Gasteiger partial charge in [0.05, 0.1) is 5.92 Å². The van der Waals surface area contributed by atoms with E-state index < -0.39 is 23.6 Å². The van der Waals surface area contributed by atoms with E-state index in [1.807, 2.05) is 12.1 Å². The number of carboxylic acids is 1. The van der Waals surface area contributed by atoms with E-state index in [4.69, 9.17) is 16.3 Å². The number of ether oxygens (including phenoxy) is 1. The summed E-state index contributed by atoms with van der Waals surface area (Å²) in [7, 11) is 0. The second-order valence-electron chi connectivity index (χ2n) is 6.49. The summed E-state index contributed by atoms with van der Waals surface area (Å²) in [6.07, 6.45) is -0.477. The van der Waals surface area contributed by atoms with Gasteiger partial charge in [0, 0.05) is 24.0 Å². The lowest BCUT2D eigenvalue weighted by Crippen LogP contribution is -2.35. The molecule has 1 fully saturated rings. The molecule has 0 aromatic heterocycles. The number of rotatable bonds is 2. The van der Waals surface area contributed by atoms with Crippen molar-refractivity contribution in [1.29, 1.82) is 0 Å². The molecule has 0 aliphatic carbocycles. The summed E-state index contributed by atoms with van der Waals surface area (Å²) >= 11 is 5.87. The first kappa shape index (κ1) is 16.6. The van der Waals surface area contributed by atoms with Gasteiger partial charge in [-0.1, -0.05) is 23.7 Å². The van der Waals surface area contributed by atoms with Crippen LogP contribution in [0.2, 0.25) is 5.02 Å². The van der Waals surface area contributed by atoms with E-state index >= 15 is 0 Å². The van der Waals surface area contributed by atoms with Crippen molar-refractivity contribution < 1.29 is 19.4 Å².